The molecule has 6 heteroatoms. The molecule has 0 aromatic heterocycles. The second kappa shape index (κ2) is 11.6. The number of nitrogens with zero attached hydrogens (tertiary/aromatic N) is 2. The third-order valence-electron chi connectivity index (χ3n) is 5.02. The van der Waals surface area contributed by atoms with Crippen LogP contribution in [0, 0.1) is 5.92 Å². The topological polar surface area (TPSA) is 68.8 Å². The van der Waals surface area contributed by atoms with E-state index in [9.17, 15) is 4.79 Å². The fraction of sp³-hybridized carbons (Fsp3) is 0.619. The van der Waals surface area contributed by atoms with Gasteiger partial charge in [0.15, 0.2) is 5.96 Å². The van der Waals surface area contributed by atoms with Crippen LogP contribution in [0.4, 0.5) is 0 Å². The van der Waals surface area contributed by atoms with E-state index in [2.05, 4.69) is 40.8 Å². The van der Waals surface area contributed by atoms with Crippen LogP contribution in [0.5, 0.6) is 0 Å². The van der Waals surface area contributed by atoms with Crippen molar-refractivity contribution in [3.05, 3.63) is 35.4 Å². The van der Waals surface area contributed by atoms with Gasteiger partial charge in [0.25, 0.3) is 5.91 Å². The van der Waals surface area contributed by atoms with Crippen molar-refractivity contribution in [3.63, 3.8) is 0 Å². The highest BCUT2D eigenvalue weighted by Gasteiger charge is 2.18. The number of piperidine rings is 1. The first-order chi connectivity index (χ1) is 13.2. The predicted octanol–water partition coefficient (Wildman–Crippen LogP) is 1.88. The molecule has 150 valence electrons. The number of carbonyl (C=O) groups excluding carboxylic acids is 1. The Morgan fingerprint density at radius 1 is 1.30 bits per heavy atom. The molecule has 0 radical (unpaired) electrons. The van der Waals surface area contributed by atoms with Crippen LogP contribution in [-0.4, -0.2) is 63.1 Å². The van der Waals surface area contributed by atoms with Gasteiger partial charge in [0.1, 0.15) is 0 Å². The molecule has 2 rings (SSSR count). The molecule has 0 bridgehead atoms. The van der Waals surface area contributed by atoms with Crippen LogP contribution in [0.1, 0.15) is 42.6 Å². The molecule has 3 N–H and O–H groups in total. The quantitative estimate of drug-likeness (QED) is 0.481. The lowest BCUT2D eigenvalue weighted by Gasteiger charge is -2.31. The van der Waals surface area contributed by atoms with Gasteiger partial charge in [0.2, 0.25) is 0 Å². The first kappa shape index (κ1) is 21.2. The minimum absolute atomic E-state index is 0.0479. The molecule has 0 aliphatic carbocycles. The molecule has 1 amide bonds. The molecule has 6 nitrogen and oxygen atoms in total. The second-order valence-electron chi connectivity index (χ2n) is 7.08. The molecule has 0 saturated carbocycles. The summed E-state index contributed by atoms with van der Waals surface area (Å²) in [5.74, 6) is 1.49. The van der Waals surface area contributed by atoms with E-state index in [4.69, 9.17) is 4.99 Å². The summed E-state index contributed by atoms with van der Waals surface area (Å²) in [5.41, 5.74) is 1.85. The van der Waals surface area contributed by atoms with Gasteiger partial charge in [-0.25, -0.2) is 0 Å². The second-order valence-corrected chi connectivity index (χ2v) is 7.08. The Bertz CT molecular complexity index is 616. The van der Waals surface area contributed by atoms with E-state index in [0.29, 0.717) is 11.5 Å². The van der Waals surface area contributed by atoms with Crippen molar-refractivity contribution in [1.29, 1.82) is 0 Å². The largest absolute Gasteiger partial charge is 0.357 e. The van der Waals surface area contributed by atoms with E-state index in [-0.39, 0.29) is 5.91 Å². The van der Waals surface area contributed by atoms with E-state index in [1.54, 1.807) is 7.05 Å². The van der Waals surface area contributed by atoms with Crippen LogP contribution in [0.2, 0.25) is 0 Å². The zero-order valence-electron chi connectivity index (χ0n) is 17.1. The predicted molar refractivity (Wildman–Crippen MR) is 112 cm³/mol. The lowest BCUT2D eigenvalue weighted by atomic mass is 9.98. The molecule has 1 fully saturated rings. The molecule has 0 spiro atoms. The standard InChI is InChI=1S/C21H35N5O/c1-4-23-21(25-15-18-9-7-13-26(5-2)16-18)24-12-11-17-8-6-10-19(14-17)20(27)22-3/h6,8,10,14,18H,4-5,7,9,11-13,15-16H2,1-3H3,(H,22,27)(H2,23,24,25). The molecular weight excluding hydrogens is 338 g/mol. The Balaban J connectivity index is 1.84. The Morgan fingerprint density at radius 3 is 2.89 bits per heavy atom. The summed E-state index contributed by atoms with van der Waals surface area (Å²) in [6, 6.07) is 7.78. The van der Waals surface area contributed by atoms with Crippen molar-refractivity contribution in [2.45, 2.75) is 33.1 Å². The molecule has 1 aliphatic heterocycles. The van der Waals surface area contributed by atoms with Gasteiger partial charge < -0.3 is 20.9 Å². The molecule has 27 heavy (non-hydrogen) atoms. The maximum absolute atomic E-state index is 11.8. The third-order valence-corrected chi connectivity index (χ3v) is 5.02. The van der Waals surface area contributed by atoms with Gasteiger partial charge in [-0.05, 0) is 62.9 Å². The summed E-state index contributed by atoms with van der Waals surface area (Å²) in [6.45, 7) is 10.3. The van der Waals surface area contributed by atoms with Gasteiger partial charge in [0, 0.05) is 38.8 Å². The van der Waals surface area contributed by atoms with Crippen LogP contribution in [0.25, 0.3) is 0 Å². The monoisotopic (exact) mass is 373 g/mol. The van der Waals surface area contributed by atoms with E-state index in [1.807, 2.05) is 18.2 Å². The van der Waals surface area contributed by atoms with Crippen molar-refractivity contribution in [2.24, 2.45) is 10.9 Å². The van der Waals surface area contributed by atoms with Gasteiger partial charge in [0.05, 0.1) is 0 Å². The number of hydrogen-bond acceptors (Lipinski definition) is 3. The molecule has 1 aromatic rings. The lowest BCUT2D eigenvalue weighted by molar-refractivity contribution is 0.0963. The maximum atomic E-state index is 11.8. The minimum atomic E-state index is -0.0479. The van der Waals surface area contributed by atoms with E-state index >= 15 is 0 Å². The molecule has 1 heterocycles. The van der Waals surface area contributed by atoms with Crippen molar-refractivity contribution >= 4 is 11.9 Å². The highest BCUT2D eigenvalue weighted by molar-refractivity contribution is 5.94. The smallest absolute Gasteiger partial charge is 0.251 e. The van der Waals surface area contributed by atoms with E-state index in [0.717, 1.165) is 50.7 Å². The lowest BCUT2D eigenvalue weighted by Crippen LogP contribution is -2.40. The van der Waals surface area contributed by atoms with Crippen LogP contribution in [0.15, 0.2) is 29.3 Å². The fourth-order valence-corrected chi connectivity index (χ4v) is 3.49. The minimum Gasteiger partial charge on any atom is -0.357 e. The summed E-state index contributed by atoms with van der Waals surface area (Å²) in [7, 11) is 1.65. The van der Waals surface area contributed by atoms with E-state index < -0.39 is 0 Å². The van der Waals surface area contributed by atoms with Gasteiger partial charge in [-0.3, -0.25) is 9.79 Å². The SMILES string of the molecule is CCNC(=NCC1CCCN(CC)C1)NCCc1cccc(C(=O)NC)c1. The van der Waals surface area contributed by atoms with Crippen LogP contribution < -0.4 is 16.0 Å². The Kier molecular flexibility index (Phi) is 9.11. The van der Waals surface area contributed by atoms with Gasteiger partial charge in [-0.1, -0.05) is 19.1 Å². The van der Waals surface area contributed by atoms with Gasteiger partial charge in [-0.15, -0.1) is 0 Å². The maximum Gasteiger partial charge on any atom is 0.251 e. The Labute approximate surface area is 163 Å². The zero-order chi connectivity index (χ0) is 19.5. The molecule has 1 atom stereocenters. The number of rotatable bonds is 8. The number of guanidine groups is 1. The summed E-state index contributed by atoms with van der Waals surface area (Å²) in [4.78, 5) is 19.1. The van der Waals surface area contributed by atoms with Crippen LogP contribution in [-0.2, 0) is 6.42 Å². The average Bonchev–Trinajstić information content (AvgIpc) is 2.71. The molecule has 1 unspecified atom stereocenters. The van der Waals surface area contributed by atoms with Crippen molar-refractivity contribution in [1.82, 2.24) is 20.9 Å². The Morgan fingerprint density at radius 2 is 2.15 bits per heavy atom. The number of likely N-dealkylation sites (tertiary alicyclic amines) is 1. The summed E-state index contributed by atoms with van der Waals surface area (Å²) >= 11 is 0. The summed E-state index contributed by atoms with van der Waals surface area (Å²) in [6.07, 6.45) is 3.40. The van der Waals surface area contributed by atoms with E-state index in [1.165, 1.54) is 19.4 Å². The van der Waals surface area contributed by atoms with Crippen molar-refractivity contribution in [3.8, 4) is 0 Å². The highest BCUT2D eigenvalue weighted by Crippen LogP contribution is 2.16. The number of benzene rings is 1. The normalized spacial score (nSPS) is 18.2. The number of aliphatic imine (C=N–C) groups is 1. The molecule has 1 aromatic carbocycles. The summed E-state index contributed by atoms with van der Waals surface area (Å²) in [5, 5.41) is 9.42. The number of carbonyl (C=O) groups is 1. The number of nitrogens with one attached hydrogen (secondary N) is 3. The van der Waals surface area contributed by atoms with Crippen LogP contribution in [0.3, 0.4) is 0 Å². The molecule has 1 saturated heterocycles. The first-order valence-corrected chi connectivity index (χ1v) is 10.2. The van der Waals surface area contributed by atoms with Crippen LogP contribution >= 0.6 is 0 Å². The zero-order valence-corrected chi connectivity index (χ0v) is 17.1. The molecule has 1 aliphatic rings. The molecular formula is C21H35N5O. The summed E-state index contributed by atoms with van der Waals surface area (Å²) < 4.78 is 0. The first-order valence-electron chi connectivity index (χ1n) is 10.2. The Hall–Kier alpha value is -2.08. The number of amides is 1. The third kappa shape index (κ3) is 7.21. The van der Waals surface area contributed by atoms with Gasteiger partial charge >= 0.3 is 0 Å². The number of hydrogen-bond donors (Lipinski definition) is 3. The fourth-order valence-electron chi connectivity index (χ4n) is 3.49. The highest BCUT2D eigenvalue weighted by atomic mass is 16.1. The van der Waals surface area contributed by atoms with Gasteiger partial charge in [-0.2, -0.15) is 0 Å². The average molecular weight is 374 g/mol. The van der Waals surface area contributed by atoms with Crippen molar-refractivity contribution in [2.75, 3.05) is 46.3 Å². The van der Waals surface area contributed by atoms with Crippen molar-refractivity contribution < 1.29 is 4.79 Å².